The third-order valence-electron chi connectivity index (χ3n) is 3.79. The Morgan fingerprint density at radius 1 is 1.07 bits per heavy atom. The number of carbonyl (C=O) groups excluding carboxylic acids is 2. The third kappa shape index (κ3) is 6.84. The van der Waals surface area contributed by atoms with Gasteiger partial charge in [-0.2, -0.15) is 0 Å². The summed E-state index contributed by atoms with van der Waals surface area (Å²) in [5.74, 6) is -0.624. The number of fused-ring (bicyclic) bond motifs is 1. The number of ether oxygens (including phenoxy) is 1. The van der Waals surface area contributed by atoms with Gasteiger partial charge in [0.2, 0.25) is 5.91 Å². The molecule has 2 aromatic carbocycles. The highest BCUT2D eigenvalue weighted by Crippen LogP contribution is 2.18. The predicted molar refractivity (Wildman–Crippen MR) is 109 cm³/mol. The van der Waals surface area contributed by atoms with Crippen LogP contribution >= 0.6 is 12.2 Å². The monoisotopic (exact) mass is 388 g/mol. The Kier molecular flexibility index (Phi) is 7.97. The lowest BCUT2D eigenvalue weighted by Gasteiger charge is -2.16. The molecule has 0 fully saturated rings. The molecule has 0 unspecified atom stereocenters. The average molecular weight is 388 g/mol. The van der Waals surface area contributed by atoms with Crippen LogP contribution in [0.5, 0.6) is 0 Å². The highest BCUT2D eigenvalue weighted by molar-refractivity contribution is 7.80. The highest BCUT2D eigenvalue weighted by Gasteiger charge is 2.09. The molecule has 0 aliphatic carbocycles. The zero-order valence-electron chi connectivity index (χ0n) is 15.4. The maximum Gasteiger partial charge on any atom is 0.257 e. The van der Waals surface area contributed by atoms with E-state index in [2.05, 4.69) is 21.5 Å². The number of amides is 2. The smallest absolute Gasteiger partial charge is 0.257 e. The molecule has 27 heavy (non-hydrogen) atoms. The lowest BCUT2D eigenvalue weighted by Crippen LogP contribution is -2.52. The van der Waals surface area contributed by atoms with Crippen molar-refractivity contribution < 1.29 is 14.3 Å². The number of nitrogens with one attached hydrogen (secondary N) is 4. The normalized spacial score (nSPS) is 11.5. The fourth-order valence-electron chi connectivity index (χ4n) is 2.58. The van der Waals surface area contributed by atoms with Crippen LogP contribution in [-0.4, -0.2) is 43.2 Å². The average Bonchev–Trinajstić information content (AvgIpc) is 2.65. The van der Waals surface area contributed by atoms with Gasteiger partial charge in [0, 0.05) is 13.2 Å². The van der Waals surface area contributed by atoms with Gasteiger partial charge in [-0.1, -0.05) is 42.5 Å². The molecule has 0 spiro atoms. The Labute approximate surface area is 163 Å². The van der Waals surface area contributed by atoms with Crippen LogP contribution in [0.3, 0.4) is 0 Å². The summed E-state index contributed by atoms with van der Waals surface area (Å²) in [5.41, 5.74) is 5.93. The minimum absolute atomic E-state index is 0.00676. The molecule has 144 valence electrons. The van der Waals surface area contributed by atoms with Crippen molar-refractivity contribution >= 4 is 39.9 Å². The Morgan fingerprint density at radius 2 is 1.81 bits per heavy atom. The number of carbonyl (C=O) groups is 2. The van der Waals surface area contributed by atoms with Crippen molar-refractivity contribution in [3.05, 3.63) is 48.0 Å². The lowest BCUT2D eigenvalue weighted by molar-refractivity contribution is -0.126. The van der Waals surface area contributed by atoms with Crippen LogP contribution in [0.25, 0.3) is 10.8 Å². The minimum atomic E-state index is -0.398. The largest absolute Gasteiger partial charge is 0.383 e. The van der Waals surface area contributed by atoms with Gasteiger partial charge in [0.25, 0.3) is 5.91 Å². The number of hydrogen-bond donors (Lipinski definition) is 4. The van der Waals surface area contributed by atoms with Crippen LogP contribution in [0.15, 0.2) is 42.5 Å². The summed E-state index contributed by atoms with van der Waals surface area (Å²) in [4.78, 5) is 24.0. The van der Waals surface area contributed by atoms with Gasteiger partial charge in [-0.15, -0.1) is 0 Å². The van der Waals surface area contributed by atoms with Crippen LogP contribution in [0.2, 0.25) is 0 Å². The van der Waals surface area contributed by atoms with Crippen LogP contribution in [0.4, 0.5) is 0 Å². The van der Waals surface area contributed by atoms with Crippen LogP contribution < -0.4 is 21.5 Å². The molecule has 0 saturated heterocycles. The zero-order valence-corrected chi connectivity index (χ0v) is 16.2. The van der Waals surface area contributed by atoms with Gasteiger partial charge in [0.1, 0.15) is 0 Å². The van der Waals surface area contributed by atoms with E-state index in [0.29, 0.717) is 6.61 Å². The first-order valence-electron chi connectivity index (χ1n) is 8.57. The van der Waals surface area contributed by atoms with Gasteiger partial charge in [-0.05, 0) is 35.5 Å². The van der Waals surface area contributed by atoms with Crippen LogP contribution in [0, 0.1) is 0 Å². The Morgan fingerprint density at radius 3 is 2.59 bits per heavy atom. The molecule has 0 aromatic heterocycles. The maximum absolute atomic E-state index is 12.2. The molecule has 0 bridgehead atoms. The highest BCUT2D eigenvalue weighted by atomic mass is 32.1. The molecule has 2 rings (SSSR count). The summed E-state index contributed by atoms with van der Waals surface area (Å²) >= 11 is 5.05. The van der Waals surface area contributed by atoms with Gasteiger partial charge in [-0.3, -0.25) is 20.4 Å². The molecule has 0 radical (unpaired) electrons. The van der Waals surface area contributed by atoms with Gasteiger partial charge >= 0.3 is 0 Å². The number of rotatable bonds is 7. The molecule has 4 N–H and O–H groups in total. The molecule has 2 amide bonds. The van der Waals surface area contributed by atoms with E-state index < -0.39 is 5.91 Å². The second-order valence-electron chi connectivity index (χ2n) is 6.09. The molecule has 2 aromatic rings. The Bertz CT molecular complexity index is 807. The molecule has 0 heterocycles. The van der Waals surface area contributed by atoms with E-state index >= 15 is 0 Å². The van der Waals surface area contributed by atoms with Crippen molar-refractivity contribution in [3.8, 4) is 0 Å². The first-order valence-corrected chi connectivity index (χ1v) is 8.98. The Hall–Kier alpha value is -2.71. The molecule has 0 aliphatic heterocycles. The molecule has 1 atom stereocenters. The van der Waals surface area contributed by atoms with Gasteiger partial charge in [0.15, 0.2) is 5.11 Å². The summed E-state index contributed by atoms with van der Waals surface area (Å²) in [6.45, 7) is 2.24. The van der Waals surface area contributed by atoms with Crippen molar-refractivity contribution in [1.82, 2.24) is 21.5 Å². The summed E-state index contributed by atoms with van der Waals surface area (Å²) < 4.78 is 4.99. The molecular formula is C19H24N4O3S. The summed E-state index contributed by atoms with van der Waals surface area (Å²) in [6.07, 6.45) is 0.205. The lowest BCUT2D eigenvalue weighted by atomic mass is 10.0. The first kappa shape index (κ1) is 20.6. The van der Waals surface area contributed by atoms with Gasteiger partial charge in [-0.25, -0.2) is 0 Å². The molecule has 0 saturated carbocycles. The van der Waals surface area contributed by atoms with E-state index in [0.717, 1.165) is 16.3 Å². The Balaban J connectivity index is 1.75. The SMILES string of the molecule is COC[C@@H](C)NC(=S)NNC(=O)CNC(=O)Cc1cccc2ccccc12. The molecule has 8 heteroatoms. The van der Waals surface area contributed by atoms with Crippen LogP contribution in [0.1, 0.15) is 12.5 Å². The summed E-state index contributed by atoms with van der Waals surface area (Å²) in [5, 5.41) is 7.93. The zero-order chi connectivity index (χ0) is 19.6. The standard InChI is InChI=1S/C19H24N4O3S/c1-13(12-26-2)21-19(27)23-22-18(25)11-20-17(24)10-15-8-5-7-14-6-3-4-9-16(14)15/h3-9,13H,10-12H2,1-2H3,(H,20,24)(H,22,25)(H2,21,23,27)/t13-/m1/s1. The fraction of sp³-hybridized carbons (Fsp3) is 0.316. The topological polar surface area (TPSA) is 91.5 Å². The van der Waals surface area contributed by atoms with E-state index in [1.54, 1.807) is 7.11 Å². The van der Waals surface area contributed by atoms with Crippen molar-refractivity contribution in [2.75, 3.05) is 20.3 Å². The van der Waals surface area contributed by atoms with Crippen molar-refractivity contribution in [3.63, 3.8) is 0 Å². The fourth-order valence-corrected chi connectivity index (χ4v) is 2.84. The maximum atomic E-state index is 12.2. The van der Waals surface area contributed by atoms with E-state index in [-0.39, 0.29) is 30.0 Å². The molecule has 0 aliphatic rings. The van der Waals surface area contributed by atoms with Gasteiger partial charge in [0.05, 0.1) is 19.6 Å². The third-order valence-corrected chi connectivity index (χ3v) is 4.01. The number of thiocarbonyl (C=S) groups is 1. The molecular weight excluding hydrogens is 364 g/mol. The second kappa shape index (κ2) is 10.4. The predicted octanol–water partition coefficient (Wildman–Crippen LogP) is 1.03. The van der Waals surface area contributed by atoms with E-state index in [9.17, 15) is 9.59 Å². The summed E-state index contributed by atoms with van der Waals surface area (Å²) in [6, 6.07) is 13.7. The number of hydrogen-bond acceptors (Lipinski definition) is 4. The minimum Gasteiger partial charge on any atom is -0.383 e. The number of methoxy groups -OCH3 is 1. The number of benzene rings is 2. The van der Waals surface area contributed by atoms with Crippen molar-refractivity contribution in [2.45, 2.75) is 19.4 Å². The van der Waals surface area contributed by atoms with Crippen molar-refractivity contribution in [2.24, 2.45) is 0 Å². The van der Waals surface area contributed by atoms with Gasteiger partial charge < -0.3 is 15.4 Å². The van der Waals surface area contributed by atoms with E-state index in [4.69, 9.17) is 17.0 Å². The van der Waals surface area contributed by atoms with Crippen LogP contribution in [-0.2, 0) is 20.7 Å². The molecule has 7 nitrogen and oxygen atoms in total. The summed E-state index contributed by atoms with van der Waals surface area (Å²) in [7, 11) is 1.59. The first-order chi connectivity index (χ1) is 13.0. The number of hydrazine groups is 1. The van der Waals surface area contributed by atoms with E-state index in [1.807, 2.05) is 49.4 Å². The van der Waals surface area contributed by atoms with Crippen molar-refractivity contribution in [1.29, 1.82) is 0 Å². The quantitative estimate of drug-likeness (QED) is 0.418. The second-order valence-corrected chi connectivity index (χ2v) is 6.50. The van der Waals surface area contributed by atoms with E-state index in [1.165, 1.54) is 0 Å².